The van der Waals surface area contributed by atoms with Crippen molar-refractivity contribution < 1.29 is 14.3 Å². The molecule has 0 unspecified atom stereocenters. The molecule has 0 fully saturated rings. The minimum atomic E-state index is 0.00727. The molecule has 0 atom stereocenters. The van der Waals surface area contributed by atoms with E-state index in [2.05, 4.69) is 23.5 Å². The number of methoxy groups -OCH3 is 2. The maximum Gasteiger partial charge on any atom is 0.254 e. The molecule has 2 heterocycles. The molecule has 0 saturated carbocycles. The number of pyridine rings is 1. The van der Waals surface area contributed by atoms with Crippen LogP contribution in [0, 0.1) is 0 Å². The van der Waals surface area contributed by atoms with Gasteiger partial charge in [-0.2, -0.15) is 0 Å². The summed E-state index contributed by atoms with van der Waals surface area (Å²) in [4.78, 5) is 20.3. The Labute approximate surface area is 192 Å². The number of para-hydroxylation sites is 1. The molecular formula is C27H25N3O3. The van der Waals surface area contributed by atoms with E-state index in [1.165, 1.54) is 11.1 Å². The number of amides is 1. The summed E-state index contributed by atoms with van der Waals surface area (Å²) in [5, 5.41) is 4.16. The third kappa shape index (κ3) is 4.07. The Bertz CT molecular complexity index is 1340. The molecular weight excluding hydrogens is 414 g/mol. The van der Waals surface area contributed by atoms with Crippen LogP contribution in [-0.4, -0.2) is 36.6 Å². The van der Waals surface area contributed by atoms with Gasteiger partial charge in [-0.3, -0.25) is 4.79 Å². The standard InChI is InChI=1S/C27H25N3O3/c1-32-20-11-12-24(25(15-20)33-2)29-26-16-22(21-9-5-6-10-23(21)28-26)27(31)30-14-13-18-7-3-4-8-19(18)17-30/h3-12,15-16H,13-14,17H2,1-2H3,(H,28,29). The summed E-state index contributed by atoms with van der Waals surface area (Å²) in [6.45, 7) is 1.31. The monoisotopic (exact) mass is 439 g/mol. The summed E-state index contributed by atoms with van der Waals surface area (Å²) in [5.74, 6) is 1.92. The van der Waals surface area contributed by atoms with Crippen molar-refractivity contribution in [2.45, 2.75) is 13.0 Å². The van der Waals surface area contributed by atoms with Crippen molar-refractivity contribution in [3.05, 3.63) is 89.5 Å². The number of nitrogens with one attached hydrogen (secondary N) is 1. The lowest BCUT2D eigenvalue weighted by molar-refractivity contribution is 0.0736. The van der Waals surface area contributed by atoms with Crippen LogP contribution < -0.4 is 14.8 Å². The number of ether oxygens (including phenoxy) is 2. The number of fused-ring (bicyclic) bond motifs is 2. The van der Waals surface area contributed by atoms with Gasteiger partial charge in [0.2, 0.25) is 0 Å². The molecule has 3 aromatic carbocycles. The van der Waals surface area contributed by atoms with Crippen LogP contribution in [0.5, 0.6) is 11.5 Å². The van der Waals surface area contributed by atoms with Crippen LogP contribution in [0.4, 0.5) is 11.5 Å². The number of hydrogen-bond acceptors (Lipinski definition) is 5. The zero-order valence-electron chi connectivity index (χ0n) is 18.7. The molecule has 5 rings (SSSR count). The van der Waals surface area contributed by atoms with Crippen LogP contribution in [-0.2, 0) is 13.0 Å². The third-order valence-electron chi connectivity index (χ3n) is 6.04. The number of anilines is 2. The Balaban J connectivity index is 1.51. The average molecular weight is 440 g/mol. The van der Waals surface area contributed by atoms with E-state index < -0.39 is 0 Å². The second-order valence-corrected chi connectivity index (χ2v) is 8.01. The maximum absolute atomic E-state index is 13.7. The largest absolute Gasteiger partial charge is 0.497 e. The summed E-state index contributed by atoms with van der Waals surface area (Å²) in [7, 11) is 3.22. The maximum atomic E-state index is 13.7. The smallest absolute Gasteiger partial charge is 0.254 e. The van der Waals surface area contributed by atoms with E-state index in [-0.39, 0.29) is 5.91 Å². The van der Waals surface area contributed by atoms with Crippen LogP contribution >= 0.6 is 0 Å². The van der Waals surface area contributed by atoms with E-state index in [4.69, 9.17) is 14.5 Å². The van der Waals surface area contributed by atoms with Gasteiger partial charge in [0.1, 0.15) is 17.3 Å². The van der Waals surface area contributed by atoms with Crippen molar-refractivity contribution >= 4 is 28.3 Å². The Morgan fingerprint density at radius 1 is 0.939 bits per heavy atom. The predicted molar refractivity (Wildman–Crippen MR) is 129 cm³/mol. The molecule has 1 aliphatic heterocycles. The first-order valence-corrected chi connectivity index (χ1v) is 10.9. The molecule has 1 aliphatic rings. The molecule has 0 bridgehead atoms. The van der Waals surface area contributed by atoms with E-state index in [9.17, 15) is 4.79 Å². The van der Waals surface area contributed by atoms with E-state index in [1.54, 1.807) is 20.3 Å². The number of hydrogen-bond donors (Lipinski definition) is 1. The van der Waals surface area contributed by atoms with Gasteiger partial charge in [0.15, 0.2) is 0 Å². The number of aromatic nitrogens is 1. The van der Waals surface area contributed by atoms with E-state index >= 15 is 0 Å². The van der Waals surface area contributed by atoms with Gasteiger partial charge < -0.3 is 19.7 Å². The number of nitrogens with zero attached hydrogens (tertiary/aromatic N) is 2. The summed E-state index contributed by atoms with van der Waals surface area (Å²) < 4.78 is 10.8. The molecule has 6 heteroatoms. The van der Waals surface area contributed by atoms with Gasteiger partial charge in [-0.15, -0.1) is 0 Å². The highest BCUT2D eigenvalue weighted by Crippen LogP contribution is 2.32. The molecule has 166 valence electrons. The summed E-state index contributed by atoms with van der Waals surface area (Å²) >= 11 is 0. The molecule has 1 N–H and O–H groups in total. The van der Waals surface area contributed by atoms with E-state index in [0.29, 0.717) is 36.0 Å². The second-order valence-electron chi connectivity index (χ2n) is 8.01. The minimum absolute atomic E-state index is 0.00727. The van der Waals surface area contributed by atoms with Crippen LogP contribution in [0.1, 0.15) is 21.5 Å². The van der Waals surface area contributed by atoms with E-state index in [0.717, 1.165) is 23.0 Å². The van der Waals surface area contributed by atoms with Crippen molar-refractivity contribution in [2.75, 3.05) is 26.1 Å². The molecule has 0 spiro atoms. The lowest BCUT2D eigenvalue weighted by Gasteiger charge is -2.29. The first-order chi connectivity index (χ1) is 16.2. The van der Waals surface area contributed by atoms with Gasteiger partial charge in [-0.05, 0) is 41.8 Å². The lowest BCUT2D eigenvalue weighted by atomic mass is 9.98. The van der Waals surface area contributed by atoms with E-state index in [1.807, 2.05) is 53.4 Å². The van der Waals surface area contributed by atoms with Gasteiger partial charge in [-0.25, -0.2) is 4.98 Å². The van der Waals surface area contributed by atoms with Crippen molar-refractivity contribution in [3.8, 4) is 11.5 Å². The van der Waals surface area contributed by atoms with Gasteiger partial charge in [0.25, 0.3) is 5.91 Å². The molecule has 0 radical (unpaired) electrons. The SMILES string of the molecule is COc1ccc(Nc2cc(C(=O)N3CCc4ccccc4C3)c3ccccc3n2)c(OC)c1. The fraction of sp³-hybridized carbons (Fsp3) is 0.185. The van der Waals surface area contributed by atoms with Gasteiger partial charge >= 0.3 is 0 Å². The van der Waals surface area contributed by atoms with Gasteiger partial charge in [0, 0.05) is 24.5 Å². The number of carbonyl (C=O) groups excluding carboxylic acids is 1. The fourth-order valence-corrected chi connectivity index (χ4v) is 4.30. The van der Waals surface area contributed by atoms with Crippen molar-refractivity contribution in [3.63, 3.8) is 0 Å². The molecule has 6 nitrogen and oxygen atoms in total. The van der Waals surface area contributed by atoms with Crippen LogP contribution in [0.3, 0.4) is 0 Å². The summed E-state index contributed by atoms with van der Waals surface area (Å²) in [5.41, 5.74) is 4.66. The Kier molecular flexibility index (Phi) is 5.57. The number of benzene rings is 3. The summed E-state index contributed by atoms with van der Waals surface area (Å²) in [6, 6.07) is 23.4. The van der Waals surface area contributed by atoms with Crippen molar-refractivity contribution in [2.24, 2.45) is 0 Å². The van der Waals surface area contributed by atoms with Crippen molar-refractivity contribution in [1.29, 1.82) is 0 Å². The van der Waals surface area contributed by atoms with Crippen molar-refractivity contribution in [1.82, 2.24) is 9.88 Å². The Morgan fingerprint density at radius 3 is 2.55 bits per heavy atom. The van der Waals surface area contributed by atoms with Gasteiger partial charge in [-0.1, -0.05) is 42.5 Å². The highest BCUT2D eigenvalue weighted by molar-refractivity contribution is 6.07. The highest BCUT2D eigenvalue weighted by Gasteiger charge is 2.24. The number of carbonyl (C=O) groups is 1. The van der Waals surface area contributed by atoms with Crippen LogP contribution in [0.2, 0.25) is 0 Å². The predicted octanol–water partition coefficient (Wildman–Crippen LogP) is 5.19. The zero-order valence-corrected chi connectivity index (χ0v) is 18.7. The Morgan fingerprint density at radius 2 is 1.73 bits per heavy atom. The number of rotatable bonds is 5. The van der Waals surface area contributed by atoms with Crippen LogP contribution in [0.25, 0.3) is 10.9 Å². The average Bonchev–Trinajstić information content (AvgIpc) is 2.87. The topological polar surface area (TPSA) is 63.7 Å². The normalized spacial score (nSPS) is 12.8. The third-order valence-corrected chi connectivity index (χ3v) is 6.04. The van der Waals surface area contributed by atoms with Crippen LogP contribution in [0.15, 0.2) is 72.8 Å². The Hall–Kier alpha value is -4.06. The molecule has 33 heavy (non-hydrogen) atoms. The molecule has 1 amide bonds. The molecule has 0 aliphatic carbocycles. The summed E-state index contributed by atoms with van der Waals surface area (Å²) in [6.07, 6.45) is 0.860. The molecule has 4 aromatic rings. The quantitative estimate of drug-likeness (QED) is 0.463. The fourth-order valence-electron chi connectivity index (χ4n) is 4.30. The highest BCUT2D eigenvalue weighted by atomic mass is 16.5. The second kappa shape index (κ2) is 8.82. The zero-order chi connectivity index (χ0) is 22.8. The first kappa shape index (κ1) is 20.8. The molecule has 0 saturated heterocycles. The minimum Gasteiger partial charge on any atom is -0.497 e. The lowest BCUT2D eigenvalue weighted by Crippen LogP contribution is -2.36. The molecule has 1 aromatic heterocycles. The first-order valence-electron chi connectivity index (χ1n) is 10.9. The van der Waals surface area contributed by atoms with Gasteiger partial charge in [0.05, 0.1) is 31.0 Å².